The van der Waals surface area contributed by atoms with E-state index in [9.17, 15) is 0 Å². The molecule has 0 bridgehead atoms. The van der Waals surface area contributed by atoms with Crippen molar-refractivity contribution in [3.63, 3.8) is 0 Å². The summed E-state index contributed by atoms with van der Waals surface area (Å²) in [5.41, 5.74) is 14.1. The lowest BCUT2D eigenvalue weighted by molar-refractivity contribution is 0.669. The van der Waals surface area contributed by atoms with E-state index in [1.165, 1.54) is 32.3 Å². The lowest BCUT2D eigenvalue weighted by atomic mass is 9.97. The van der Waals surface area contributed by atoms with E-state index >= 15 is 0 Å². The van der Waals surface area contributed by atoms with Crippen LogP contribution in [0.1, 0.15) is 0 Å². The van der Waals surface area contributed by atoms with Crippen LogP contribution in [0.25, 0.3) is 139 Å². The predicted octanol–water partition coefficient (Wildman–Crippen LogP) is 17.2. The Bertz CT molecular complexity index is 4260. The summed E-state index contributed by atoms with van der Waals surface area (Å²) in [6.45, 7) is 0. The Kier molecular flexibility index (Phi) is 9.14. The third-order valence-electron chi connectivity index (χ3n) is 13.8. The summed E-state index contributed by atoms with van der Waals surface area (Å²) in [5, 5.41) is 9.30. The first kappa shape index (κ1) is 39.7. The van der Waals surface area contributed by atoms with Crippen LogP contribution >= 0.6 is 0 Å². The Labute approximate surface area is 403 Å². The fourth-order valence-corrected chi connectivity index (χ4v) is 10.5. The number of hydrogen-bond acceptors (Lipinski definition) is 4. The highest BCUT2D eigenvalue weighted by molar-refractivity contribution is 6.21. The van der Waals surface area contributed by atoms with E-state index in [0.717, 1.165) is 88.7 Å². The molecule has 0 aliphatic rings. The van der Waals surface area contributed by atoms with Gasteiger partial charge in [-0.05, 0) is 92.5 Å². The van der Waals surface area contributed by atoms with Crippen LogP contribution in [0.5, 0.6) is 0 Å². The Morgan fingerprint density at radius 1 is 0.286 bits per heavy atom. The van der Waals surface area contributed by atoms with Crippen LogP contribution in [0.4, 0.5) is 0 Å². The highest BCUT2D eigenvalue weighted by Crippen LogP contribution is 2.44. The summed E-state index contributed by atoms with van der Waals surface area (Å²) in [5.74, 6) is 1.77. The van der Waals surface area contributed by atoms with Gasteiger partial charge in [-0.1, -0.05) is 194 Å². The minimum Gasteiger partial charge on any atom is -0.456 e. The number of rotatable bonds is 7. The van der Waals surface area contributed by atoms with Crippen molar-refractivity contribution in [2.24, 2.45) is 0 Å². The molecule has 0 fully saturated rings. The Hall–Kier alpha value is -9.45. The Morgan fingerprint density at radius 3 is 1.53 bits per heavy atom. The molecule has 0 saturated carbocycles. The molecule has 0 saturated heterocycles. The molecule has 14 aromatic rings. The first-order valence-corrected chi connectivity index (χ1v) is 23.7. The lowest BCUT2D eigenvalue weighted by Crippen LogP contribution is -2.03. The zero-order chi connectivity index (χ0) is 46.1. The molecule has 3 aromatic heterocycles. The maximum Gasteiger partial charge on any atom is 0.164 e. The molecule has 3 heterocycles. The molecule has 5 heteroatoms. The Morgan fingerprint density at radius 2 is 0.829 bits per heavy atom. The van der Waals surface area contributed by atoms with Gasteiger partial charge in [-0.15, -0.1) is 0 Å². The van der Waals surface area contributed by atoms with Crippen LogP contribution in [0.15, 0.2) is 247 Å². The third-order valence-corrected chi connectivity index (χ3v) is 13.8. The van der Waals surface area contributed by atoms with Crippen LogP contribution in [0.2, 0.25) is 0 Å². The van der Waals surface area contributed by atoms with Gasteiger partial charge in [0.25, 0.3) is 0 Å². The van der Waals surface area contributed by atoms with Crippen molar-refractivity contribution in [2.45, 2.75) is 0 Å². The molecule has 11 aromatic carbocycles. The normalized spacial score (nSPS) is 11.7. The van der Waals surface area contributed by atoms with E-state index in [1.807, 2.05) is 24.3 Å². The van der Waals surface area contributed by atoms with Crippen molar-refractivity contribution in [2.75, 3.05) is 0 Å². The number of aromatic nitrogens is 4. The number of furan rings is 1. The summed E-state index contributed by atoms with van der Waals surface area (Å²) in [6, 6.07) is 85.9. The van der Waals surface area contributed by atoms with Crippen molar-refractivity contribution in [1.29, 1.82) is 0 Å². The molecule has 70 heavy (non-hydrogen) atoms. The number of hydrogen-bond donors (Lipinski definition) is 0. The highest BCUT2D eigenvalue weighted by atomic mass is 16.3. The van der Waals surface area contributed by atoms with Gasteiger partial charge in [0.05, 0.1) is 16.7 Å². The van der Waals surface area contributed by atoms with Crippen molar-refractivity contribution in [1.82, 2.24) is 19.5 Å². The molecule has 5 nitrogen and oxygen atoms in total. The van der Waals surface area contributed by atoms with Crippen molar-refractivity contribution in [3.8, 4) is 73.2 Å². The van der Waals surface area contributed by atoms with Crippen LogP contribution in [0, 0.1) is 0 Å². The topological polar surface area (TPSA) is 56.7 Å². The average molecular weight is 893 g/mol. The zero-order valence-corrected chi connectivity index (χ0v) is 37.8. The molecule has 0 aliphatic heterocycles. The number of benzene rings is 11. The minimum absolute atomic E-state index is 0.576. The zero-order valence-electron chi connectivity index (χ0n) is 37.8. The van der Waals surface area contributed by atoms with Crippen LogP contribution < -0.4 is 0 Å². The summed E-state index contributed by atoms with van der Waals surface area (Å²) in [7, 11) is 0. The first-order chi connectivity index (χ1) is 34.7. The van der Waals surface area contributed by atoms with Crippen LogP contribution in [0.3, 0.4) is 0 Å². The highest BCUT2D eigenvalue weighted by Gasteiger charge is 2.23. The van der Waals surface area contributed by atoms with E-state index in [4.69, 9.17) is 19.4 Å². The average Bonchev–Trinajstić information content (AvgIpc) is 3.98. The fraction of sp³-hybridized carbons (Fsp3) is 0. The molecule has 326 valence electrons. The predicted molar refractivity (Wildman–Crippen MR) is 289 cm³/mol. The van der Waals surface area contributed by atoms with Gasteiger partial charge in [0, 0.05) is 49.2 Å². The molecule has 0 spiro atoms. The molecule has 0 amide bonds. The van der Waals surface area contributed by atoms with Gasteiger partial charge in [0.2, 0.25) is 0 Å². The molecular weight excluding hydrogens is 853 g/mol. The first-order valence-electron chi connectivity index (χ1n) is 23.7. The molecule has 14 rings (SSSR count). The maximum atomic E-state index is 6.40. The minimum atomic E-state index is 0.576. The maximum absolute atomic E-state index is 6.40. The Balaban J connectivity index is 1.07. The summed E-state index contributed by atoms with van der Waals surface area (Å²) >= 11 is 0. The molecule has 0 radical (unpaired) electrons. The molecule has 0 atom stereocenters. The smallest absolute Gasteiger partial charge is 0.164 e. The van der Waals surface area contributed by atoms with Gasteiger partial charge in [-0.2, -0.15) is 0 Å². The van der Waals surface area contributed by atoms with Crippen molar-refractivity contribution in [3.05, 3.63) is 243 Å². The van der Waals surface area contributed by atoms with Gasteiger partial charge in [-0.25, -0.2) is 15.0 Å². The monoisotopic (exact) mass is 892 g/mol. The van der Waals surface area contributed by atoms with Gasteiger partial charge < -0.3 is 8.98 Å². The van der Waals surface area contributed by atoms with E-state index in [2.05, 4.69) is 223 Å². The number of para-hydroxylation sites is 1. The molecule has 0 aliphatic carbocycles. The van der Waals surface area contributed by atoms with Crippen molar-refractivity contribution < 1.29 is 4.42 Å². The van der Waals surface area contributed by atoms with Gasteiger partial charge in [-0.3, -0.25) is 0 Å². The van der Waals surface area contributed by atoms with Gasteiger partial charge >= 0.3 is 0 Å². The number of fused-ring (bicyclic) bond motifs is 9. The second kappa shape index (κ2) is 16.1. The lowest BCUT2D eigenvalue weighted by Gasteiger charge is -2.18. The van der Waals surface area contributed by atoms with E-state index in [0.29, 0.717) is 17.5 Å². The molecule has 0 unspecified atom stereocenters. The van der Waals surface area contributed by atoms with Crippen LogP contribution in [-0.2, 0) is 0 Å². The summed E-state index contributed by atoms with van der Waals surface area (Å²) in [6.07, 6.45) is 0. The second-order valence-electron chi connectivity index (χ2n) is 17.9. The summed E-state index contributed by atoms with van der Waals surface area (Å²) in [4.78, 5) is 16.2. The largest absolute Gasteiger partial charge is 0.456 e. The SMILES string of the molecule is c1ccc(-c2ccccc2-c2nc(-c3ccc(-n4c5cc6ccccc6cc5c5ccc6ccccc6c54)c(-c4ccc5oc6ccccc6c5c4)c3)nc(-c3ccccc3-c3ccccc3)n2)cc1. The quantitative estimate of drug-likeness (QED) is 0.160. The number of nitrogens with zero attached hydrogens (tertiary/aromatic N) is 4. The summed E-state index contributed by atoms with van der Waals surface area (Å²) < 4.78 is 8.88. The van der Waals surface area contributed by atoms with Gasteiger partial charge in [0.1, 0.15) is 11.2 Å². The third kappa shape index (κ3) is 6.51. The molecular formula is C65H40N4O. The van der Waals surface area contributed by atoms with Crippen molar-refractivity contribution >= 4 is 65.3 Å². The van der Waals surface area contributed by atoms with E-state index in [1.54, 1.807) is 0 Å². The van der Waals surface area contributed by atoms with E-state index in [-0.39, 0.29) is 0 Å². The molecule has 0 N–H and O–H groups in total. The van der Waals surface area contributed by atoms with E-state index < -0.39 is 0 Å². The fourth-order valence-electron chi connectivity index (χ4n) is 10.5. The standard InChI is InChI=1S/C65H40N4O/c1-3-17-41(18-4-1)48-24-11-13-28-53(48)64-66-63(67-65(68-64)54-29-14-12-25-49(54)42-19-5-2-6-20-42)47-32-35-58(55(39-47)46-33-36-61-57(38-46)51-27-15-16-30-60(51)70-61)69-59-40-45-23-8-7-22-44(45)37-56(59)52-34-31-43-21-9-10-26-50(43)62(52)69/h1-40H. The van der Waals surface area contributed by atoms with Gasteiger partial charge in [0.15, 0.2) is 17.5 Å². The van der Waals surface area contributed by atoms with Crippen LogP contribution in [-0.4, -0.2) is 19.5 Å². The second-order valence-corrected chi connectivity index (χ2v) is 17.9.